The molecule has 0 atom stereocenters. The number of fused-ring (bicyclic) bond motifs is 1. The van der Waals surface area contributed by atoms with Gasteiger partial charge in [0.15, 0.2) is 0 Å². The molecule has 46 heavy (non-hydrogen) atoms. The van der Waals surface area contributed by atoms with Crippen molar-refractivity contribution in [2.24, 2.45) is 0 Å². The molecule has 0 bridgehead atoms. The SMILES string of the molecule is CC.CN(C)c1ccccc1C1CCN(c2nc(C3(C(F)(F)F)CCCC3)nc3ccc(N(C)CCN4CCOCC4)cc23)CC1. The summed E-state index contributed by atoms with van der Waals surface area (Å²) in [5.74, 6) is 0.970. The fourth-order valence-electron chi connectivity index (χ4n) is 7.29. The standard InChI is InChI=1S/C34H45F3N6O.C2H6/c1-40(2)30-9-5-4-8-27(30)25-12-16-43(17-13-25)31-28-24-26(41(3)18-19-42-20-22-44-23-21-42)10-11-29(28)38-32(39-31)33(34(35,36)37)14-6-7-15-33;1-2/h4-5,8-11,24-25H,6-7,12-23H2,1-3H3;1-2H3. The summed E-state index contributed by atoms with van der Waals surface area (Å²) in [7, 11) is 6.20. The van der Waals surface area contributed by atoms with Gasteiger partial charge in [0.05, 0.1) is 18.7 Å². The number of rotatable bonds is 8. The number of aromatic nitrogens is 2. The van der Waals surface area contributed by atoms with E-state index in [-0.39, 0.29) is 18.7 Å². The Morgan fingerprint density at radius 2 is 1.59 bits per heavy atom. The molecule has 7 nitrogen and oxygen atoms in total. The monoisotopic (exact) mass is 640 g/mol. The summed E-state index contributed by atoms with van der Waals surface area (Å²) >= 11 is 0. The molecule has 1 aromatic heterocycles. The quantitative estimate of drug-likeness (QED) is 0.257. The predicted octanol–water partition coefficient (Wildman–Crippen LogP) is 7.25. The van der Waals surface area contributed by atoms with Crippen molar-refractivity contribution in [1.29, 1.82) is 0 Å². The van der Waals surface area contributed by atoms with Crippen molar-refractivity contribution in [3.63, 3.8) is 0 Å². The highest BCUT2D eigenvalue weighted by Gasteiger charge is 2.59. The zero-order valence-corrected chi connectivity index (χ0v) is 28.2. The van der Waals surface area contributed by atoms with Gasteiger partial charge in [-0.1, -0.05) is 44.9 Å². The molecular weight excluding hydrogens is 589 g/mol. The Morgan fingerprint density at radius 3 is 2.24 bits per heavy atom. The highest BCUT2D eigenvalue weighted by atomic mass is 19.4. The normalized spacial score (nSPS) is 19.2. The molecule has 3 aromatic rings. The van der Waals surface area contributed by atoms with E-state index in [1.807, 2.05) is 26.0 Å². The number of halogens is 3. The molecule has 252 valence electrons. The van der Waals surface area contributed by atoms with Crippen molar-refractivity contribution in [2.75, 3.05) is 88.3 Å². The summed E-state index contributed by atoms with van der Waals surface area (Å²) in [5.41, 5.74) is 2.18. The molecule has 3 fully saturated rings. The van der Waals surface area contributed by atoms with E-state index >= 15 is 0 Å². The zero-order chi connectivity index (χ0) is 32.9. The van der Waals surface area contributed by atoms with Gasteiger partial charge >= 0.3 is 6.18 Å². The van der Waals surface area contributed by atoms with E-state index in [1.54, 1.807) is 0 Å². The smallest absolute Gasteiger partial charge is 0.379 e. The number of benzene rings is 2. The fraction of sp³-hybridized carbons (Fsp3) is 0.611. The third kappa shape index (κ3) is 7.08. The van der Waals surface area contributed by atoms with Gasteiger partial charge in [0.1, 0.15) is 17.1 Å². The molecule has 3 aliphatic rings. The third-order valence-corrected chi connectivity index (χ3v) is 10.0. The van der Waals surface area contributed by atoms with Crippen LogP contribution in [0.25, 0.3) is 10.9 Å². The second-order valence-electron chi connectivity index (χ2n) is 12.9. The Labute approximate surface area is 272 Å². The van der Waals surface area contributed by atoms with Crippen LogP contribution >= 0.6 is 0 Å². The zero-order valence-electron chi connectivity index (χ0n) is 28.2. The van der Waals surface area contributed by atoms with Gasteiger partial charge in [0, 0.05) is 77.2 Å². The molecule has 0 N–H and O–H groups in total. The predicted molar refractivity (Wildman–Crippen MR) is 183 cm³/mol. The molecule has 3 heterocycles. The van der Waals surface area contributed by atoms with Crippen LogP contribution in [0.15, 0.2) is 42.5 Å². The van der Waals surface area contributed by atoms with Crippen LogP contribution in [0.1, 0.15) is 69.7 Å². The minimum absolute atomic E-state index is 0.0488. The first-order chi connectivity index (χ1) is 22.2. The van der Waals surface area contributed by atoms with Crippen LogP contribution in [-0.2, 0) is 10.2 Å². The minimum atomic E-state index is -4.39. The van der Waals surface area contributed by atoms with E-state index < -0.39 is 11.6 Å². The lowest BCUT2D eigenvalue weighted by Crippen LogP contribution is -2.42. The van der Waals surface area contributed by atoms with E-state index in [1.165, 1.54) is 11.3 Å². The Bertz CT molecular complexity index is 1430. The van der Waals surface area contributed by atoms with Gasteiger partial charge in [-0.3, -0.25) is 4.90 Å². The van der Waals surface area contributed by atoms with Crippen LogP contribution in [0.3, 0.4) is 0 Å². The topological polar surface area (TPSA) is 48.0 Å². The lowest BCUT2D eigenvalue weighted by Gasteiger charge is -2.36. The number of ether oxygens (including phenoxy) is 1. The van der Waals surface area contributed by atoms with Crippen molar-refractivity contribution in [2.45, 2.75) is 69.9 Å². The first-order valence-electron chi connectivity index (χ1n) is 17.1. The average molecular weight is 641 g/mol. The number of para-hydroxylation sites is 1. The molecule has 2 saturated heterocycles. The number of hydrogen-bond acceptors (Lipinski definition) is 7. The van der Waals surface area contributed by atoms with E-state index in [0.717, 1.165) is 76.4 Å². The van der Waals surface area contributed by atoms with Gasteiger partial charge in [0.2, 0.25) is 0 Å². The van der Waals surface area contributed by atoms with Crippen LogP contribution in [-0.4, -0.2) is 94.7 Å². The highest BCUT2D eigenvalue weighted by Crippen LogP contribution is 2.52. The van der Waals surface area contributed by atoms with Gasteiger partial charge in [-0.15, -0.1) is 0 Å². The molecule has 1 saturated carbocycles. The summed E-state index contributed by atoms with van der Waals surface area (Å²) in [6, 6.07) is 14.5. The first kappa shape index (κ1) is 34.2. The number of anilines is 3. The molecule has 0 radical (unpaired) electrons. The number of likely N-dealkylation sites (N-methyl/N-ethyl adjacent to an activating group) is 1. The van der Waals surface area contributed by atoms with Crippen LogP contribution in [0, 0.1) is 0 Å². The molecule has 6 rings (SSSR count). The summed E-state index contributed by atoms with van der Waals surface area (Å²) in [6.45, 7) is 10.6. The van der Waals surface area contributed by atoms with E-state index in [9.17, 15) is 13.2 Å². The van der Waals surface area contributed by atoms with Crippen molar-refractivity contribution in [1.82, 2.24) is 14.9 Å². The van der Waals surface area contributed by atoms with E-state index in [2.05, 4.69) is 76.1 Å². The summed E-state index contributed by atoms with van der Waals surface area (Å²) in [5, 5.41) is 0.826. The Balaban J connectivity index is 0.00000204. The maximum atomic E-state index is 14.7. The minimum Gasteiger partial charge on any atom is -0.379 e. The van der Waals surface area contributed by atoms with Crippen molar-refractivity contribution >= 4 is 28.1 Å². The Morgan fingerprint density at radius 1 is 0.913 bits per heavy atom. The molecule has 2 aliphatic heterocycles. The molecule has 1 aliphatic carbocycles. The summed E-state index contributed by atoms with van der Waals surface area (Å²) < 4.78 is 49.6. The van der Waals surface area contributed by atoms with Crippen LogP contribution in [0.4, 0.5) is 30.4 Å². The number of morpholine rings is 1. The van der Waals surface area contributed by atoms with Crippen LogP contribution < -0.4 is 14.7 Å². The van der Waals surface area contributed by atoms with Gasteiger partial charge < -0.3 is 19.4 Å². The molecule has 2 aromatic carbocycles. The highest BCUT2D eigenvalue weighted by molar-refractivity contribution is 5.92. The van der Waals surface area contributed by atoms with Gasteiger partial charge in [-0.2, -0.15) is 13.2 Å². The number of nitrogens with zero attached hydrogens (tertiary/aromatic N) is 6. The summed E-state index contributed by atoms with van der Waals surface area (Å²) in [4.78, 5) is 18.5. The largest absolute Gasteiger partial charge is 0.401 e. The maximum Gasteiger partial charge on any atom is 0.401 e. The Hall–Kier alpha value is -3.11. The van der Waals surface area contributed by atoms with Crippen LogP contribution in [0.2, 0.25) is 0 Å². The van der Waals surface area contributed by atoms with Gasteiger partial charge in [-0.25, -0.2) is 9.97 Å². The van der Waals surface area contributed by atoms with E-state index in [4.69, 9.17) is 9.72 Å². The summed E-state index contributed by atoms with van der Waals surface area (Å²) in [6.07, 6.45) is -1.39. The van der Waals surface area contributed by atoms with Crippen molar-refractivity contribution in [3.05, 3.63) is 53.9 Å². The van der Waals surface area contributed by atoms with Crippen molar-refractivity contribution < 1.29 is 17.9 Å². The third-order valence-electron chi connectivity index (χ3n) is 10.0. The number of alkyl halides is 3. The molecular formula is C36H51F3N6O. The number of hydrogen-bond donors (Lipinski definition) is 0. The average Bonchev–Trinajstić information content (AvgIpc) is 3.60. The Kier molecular flexibility index (Phi) is 11.0. The maximum absolute atomic E-state index is 14.7. The van der Waals surface area contributed by atoms with Crippen LogP contribution in [0.5, 0.6) is 0 Å². The van der Waals surface area contributed by atoms with Crippen molar-refractivity contribution in [3.8, 4) is 0 Å². The second-order valence-corrected chi connectivity index (χ2v) is 12.9. The van der Waals surface area contributed by atoms with Gasteiger partial charge in [-0.05, 0) is 61.4 Å². The number of piperidine rings is 1. The molecule has 0 amide bonds. The van der Waals surface area contributed by atoms with E-state index in [0.29, 0.717) is 30.1 Å². The lowest BCUT2D eigenvalue weighted by atomic mass is 9.84. The molecule has 0 spiro atoms. The fourth-order valence-corrected chi connectivity index (χ4v) is 7.29. The molecule has 10 heteroatoms. The molecule has 0 unspecified atom stereocenters. The van der Waals surface area contributed by atoms with Gasteiger partial charge in [0.25, 0.3) is 0 Å². The lowest BCUT2D eigenvalue weighted by molar-refractivity contribution is -0.191. The second kappa shape index (κ2) is 14.8. The first-order valence-corrected chi connectivity index (χ1v) is 17.1.